The molecule has 1 heterocycles. The molecule has 6 nitrogen and oxygen atoms in total. The number of hydrogen-bond donors (Lipinski definition) is 0. The van der Waals surface area contributed by atoms with Crippen LogP contribution in [0.5, 0.6) is 5.75 Å². The molecule has 0 unspecified atom stereocenters. The number of sulfonamides is 1. The standard InChI is InChI=1S/C26H35N3O3S/c1-6-29(17-9-7-8-15-26(2,3)4)22-23-12-10-13-24(20-23)32-19-18-28(5)33(30,31)25-14-11-16-27-21-25/h7,9-14,16,20-21H,6,17-19,22H2,1-5H3/b9-7+. The zero-order valence-electron chi connectivity index (χ0n) is 20.3. The van der Waals surface area contributed by atoms with Gasteiger partial charge in [-0.2, -0.15) is 4.31 Å². The van der Waals surface area contributed by atoms with E-state index in [-0.39, 0.29) is 23.5 Å². The first-order valence-electron chi connectivity index (χ1n) is 11.1. The Balaban J connectivity index is 1.88. The molecule has 2 aromatic rings. The van der Waals surface area contributed by atoms with Crippen molar-refractivity contribution in [2.75, 3.05) is 33.3 Å². The van der Waals surface area contributed by atoms with Gasteiger partial charge in [-0.1, -0.05) is 37.0 Å². The lowest BCUT2D eigenvalue weighted by molar-refractivity contribution is 0.284. The van der Waals surface area contributed by atoms with Crippen LogP contribution in [0.1, 0.15) is 33.3 Å². The normalized spacial score (nSPS) is 12.2. The number of hydrogen-bond acceptors (Lipinski definition) is 5. The molecule has 0 bridgehead atoms. The Hall–Kier alpha value is -2.66. The fraction of sp³-hybridized carbons (Fsp3) is 0.423. The lowest BCUT2D eigenvalue weighted by atomic mass is 9.98. The lowest BCUT2D eigenvalue weighted by Gasteiger charge is -2.19. The summed E-state index contributed by atoms with van der Waals surface area (Å²) in [4.78, 5) is 6.37. The van der Waals surface area contributed by atoms with Gasteiger partial charge in [-0.25, -0.2) is 8.42 Å². The third-order valence-electron chi connectivity index (χ3n) is 4.78. The first-order chi connectivity index (χ1) is 15.6. The maximum Gasteiger partial charge on any atom is 0.244 e. The van der Waals surface area contributed by atoms with Crippen molar-refractivity contribution in [1.29, 1.82) is 0 Å². The molecule has 1 aromatic heterocycles. The van der Waals surface area contributed by atoms with Gasteiger partial charge in [0.1, 0.15) is 17.3 Å². The number of likely N-dealkylation sites (N-methyl/N-ethyl adjacent to an activating group) is 2. The molecule has 0 aliphatic carbocycles. The van der Waals surface area contributed by atoms with Crippen molar-refractivity contribution in [2.45, 2.75) is 39.1 Å². The Morgan fingerprint density at radius 1 is 1.18 bits per heavy atom. The quantitative estimate of drug-likeness (QED) is 0.462. The zero-order chi connectivity index (χ0) is 24.3. The third-order valence-corrected chi connectivity index (χ3v) is 6.62. The Bertz CT molecular complexity index is 1070. The highest BCUT2D eigenvalue weighted by Crippen LogP contribution is 2.16. The highest BCUT2D eigenvalue weighted by atomic mass is 32.2. The first-order valence-corrected chi connectivity index (χ1v) is 12.5. The molecule has 0 saturated heterocycles. The zero-order valence-corrected chi connectivity index (χ0v) is 21.1. The summed E-state index contributed by atoms with van der Waals surface area (Å²) in [5, 5.41) is 0. The Kier molecular flexibility index (Phi) is 10.1. The van der Waals surface area contributed by atoms with Crippen LogP contribution in [-0.2, 0) is 16.6 Å². The molecule has 0 aliphatic rings. The summed E-state index contributed by atoms with van der Waals surface area (Å²) in [6.07, 6.45) is 6.90. The summed E-state index contributed by atoms with van der Waals surface area (Å²) < 4.78 is 32.3. The molecule has 33 heavy (non-hydrogen) atoms. The van der Waals surface area contributed by atoms with Gasteiger partial charge in [-0.15, -0.1) is 0 Å². The van der Waals surface area contributed by atoms with Crippen LogP contribution in [0.25, 0.3) is 0 Å². The number of nitrogens with zero attached hydrogens (tertiary/aromatic N) is 3. The van der Waals surface area contributed by atoms with Crippen molar-refractivity contribution in [1.82, 2.24) is 14.2 Å². The fourth-order valence-electron chi connectivity index (χ4n) is 2.91. The molecule has 0 amide bonds. The summed E-state index contributed by atoms with van der Waals surface area (Å²) >= 11 is 0. The molecule has 1 aromatic carbocycles. The van der Waals surface area contributed by atoms with E-state index in [2.05, 4.69) is 61.6 Å². The van der Waals surface area contributed by atoms with E-state index in [1.807, 2.05) is 24.3 Å². The van der Waals surface area contributed by atoms with E-state index in [4.69, 9.17) is 4.74 Å². The van der Waals surface area contributed by atoms with Gasteiger partial charge < -0.3 is 4.74 Å². The minimum absolute atomic E-state index is 0.00691. The summed E-state index contributed by atoms with van der Waals surface area (Å²) in [5.74, 6) is 7.03. The topological polar surface area (TPSA) is 62.7 Å². The molecule has 0 atom stereocenters. The predicted molar refractivity (Wildman–Crippen MR) is 133 cm³/mol. The smallest absolute Gasteiger partial charge is 0.244 e. The van der Waals surface area contributed by atoms with Gasteiger partial charge in [0, 0.05) is 44.5 Å². The number of rotatable bonds is 11. The van der Waals surface area contributed by atoms with Crippen LogP contribution in [-0.4, -0.2) is 55.9 Å². The van der Waals surface area contributed by atoms with Crippen LogP contribution in [0.4, 0.5) is 0 Å². The summed E-state index contributed by atoms with van der Waals surface area (Å²) in [6, 6.07) is 11.1. The molecule has 178 valence electrons. The van der Waals surface area contributed by atoms with Crippen LogP contribution in [0.2, 0.25) is 0 Å². The molecule has 0 N–H and O–H groups in total. The maximum absolute atomic E-state index is 12.6. The first kappa shape index (κ1) is 26.6. The highest BCUT2D eigenvalue weighted by Gasteiger charge is 2.20. The van der Waals surface area contributed by atoms with Crippen LogP contribution in [0.3, 0.4) is 0 Å². The van der Waals surface area contributed by atoms with Crippen molar-refractivity contribution < 1.29 is 13.2 Å². The van der Waals surface area contributed by atoms with Gasteiger partial charge in [0.15, 0.2) is 0 Å². The van der Waals surface area contributed by atoms with E-state index in [1.165, 1.54) is 16.6 Å². The van der Waals surface area contributed by atoms with Gasteiger partial charge in [0.25, 0.3) is 0 Å². The van der Waals surface area contributed by atoms with E-state index in [0.717, 1.165) is 30.9 Å². The average Bonchev–Trinajstić information content (AvgIpc) is 2.78. The van der Waals surface area contributed by atoms with Crippen molar-refractivity contribution in [3.63, 3.8) is 0 Å². The Morgan fingerprint density at radius 3 is 2.64 bits per heavy atom. The third kappa shape index (κ3) is 9.39. The van der Waals surface area contributed by atoms with Crippen molar-refractivity contribution in [3.05, 3.63) is 66.5 Å². The van der Waals surface area contributed by atoms with Crippen LogP contribution >= 0.6 is 0 Å². The summed E-state index contributed by atoms with van der Waals surface area (Å²) in [5.41, 5.74) is 1.15. The molecular weight excluding hydrogens is 434 g/mol. The second-order valence-corrected chi connectivity index (χ2v) is 10.8. The van der Waals surface area contributed by atoms with E-state index < -0.39 is 10.0 Å². The monoisotopic (exact) mass is 469 g/mol. The summed E-state index contributed by atoms with van der Waals surface area (Å²) in [6.45, 7) is 11.4. The van der Waals surface area contributed by atoms with E-state index in [1.54, 1.807) is 19.3 Å². The molecule has 0 fully saturated rings. The molecule has 2 rings (SSSR count). The van der Waals surface area contributed by atoms with Gasteiger partial charge in [0.05, 0.1) is 0 Å². The van der Waals surface area contributed by atoms with Crippen molar-refractivity contribution >= 4 is 10.0 Å². The van der Waals surface area contributed by atoms with Gasteiger partial charge in [-0.3, -0.25) is 9.88 Å². The fourth-order valence-corrected chi connectivity index (χ4v) is 4.03. The van der Waals surface area contributed by atoms with Crippen molar-refractivity contribution in [2.24, 2.45) is 5.41 Å². The number of aromatic nitrogens is 1. The molecule has 0 radical (unpaired) electrons. The van der Waals surface area contributed by atoms with E-state index in [9.17, 15) is 8.42 Å². The van der Waals surface area contributed by atoms with Crippen LogP contribution < -0.4 is 4.74 Å². The van der Waals surface area contributed by atoms with E-state index in [0.29, 0.717) is 0 Å². The van der Waals surface area contributed by atoms with Crippen LogP contribution in [0, 0.1) is 17.3 Å². The lowest BCUT2D eigenvalue weighted by Crippen LogP contribution is -2.31. The second kappa shape index (κ2) is 12.5. The minimum Gasteiger partial charge on any atom is -0.492 e. The number of pyridine rings is 1. The number of allylic oxidation sites excluding steroid dienone is 1. The molecule has 0 saturated carbocycles. The Labute approximate surface area is 199 Å². The minimum atomic E-state index is -3.57. The Morgan fingerprint density at radius 2 is 1.97 bits per heavy atom. The summed E-state index contributed by atoms with van der Waals surface area (Å²) in [7, 11) is -2.03. The SMILES string of the molecule is CCN(C/C=C/C#CC(C)(C)C)Cc1cccc(OCCN(C)S(=O)(=O)c2cccnc2)c1. The maximum atomic E-state index is 12.6. The molecule has 0 spiro atoms. The molecular formula is C26H35N3O3S. The largest absolute Gasteiger partial charge is 0.492 e. The highest BCUT2D eigenvalue weighted by molar-refractivity contribution is 7.89. The van der Waals surface area contributed by atoms with Crippen LogP contribution in [0.15, 0.2) is 65.8 Å². The molecule has 7 heteroatoms. The van der Waals surface area contributed by atoms with Gasteiger partial charge in [-0.05, 0) is 63.2 Å². The predicted octanol–water partition coefficient (Wildman–Crippen LogP) is 4.21. The number of ether oxygens (including phenoxy) is 1. The van der Waals surface area contributed by atoms with E-state index >= 15 is 0 Å². The number of benzene rings is 1. The van der Waals surface area contributed by atoms with Gasteiger partial charge in [0.2, 0.25) is 10.0 Å². The van der Waals surface area contributed by atoms with Crippen molar-refractivity contribution in [3.8, 4) is 17.6 Å². The van der Waals surface area contributed by atoms with Gasteiger partial charge >= 0.3 is 0 Å². The second-order valence-electron chi connectivity index (χ2n) is 8.76. The molecule has 0 aliphatic heterocycles. The average molecular weight is 470 g/mol.